The average molecular weight is 585 g/mol. The number of hydrogen-bond donors (Lipinski definition) is 1. The van der Waals surface area contributed by atoms with Crippen LogP contribution in [0.25, 0.3) is 0 Å². The molecule has 0 spiro atoms. The van der Waals surface area contributed by atoms with Gasteiger partial charge >= 0.3 is 0 Å². The molecule has 5 nitrogen and oxygen atoms in total. The molecule has 0 saturated heterocycles. The first-order valence-corrected chi connectivity index (χ1v) is 12.8. The summed E-state index contributed by atoms with van der Waals surface area (Å²) in [5.41, 5.74) is 6.43. The number of carbonyl (C=O) groups is 1. The second-order valence-electron chi connectivity index (χ2n) is 7.82. The highest BCUT2D eigenvalue weighted by Crippen LogP contribution is 2.31. The molecule has 3 aromatic carbocycles. The van der Waals surface area contributed by atoms with Crippen molar-refractivity contribution in [2.45, 2.75) is 31.3 Å². The average Bonchev–Trinajstić information content (AvgIpc) is 2.69. The Bertz CT molecular complexity index is 1310. The normalized spacial score (nSPS) is 11.6. The number of benzene rings is 3. The maximum Gasteiger partial charge on any atom is 0.252 e. The summed E-state index contributed by atoms with van der Waals surface area (Å²) in [6.07, 6.45) is -0.0676. The van der Waals surface area contributed by atoms with Crippen LogP contribution in [0.1, 0.15) is 40.9 Å². The smallest absolute Gasteiger partial charge is 0.252 e. The minimum absolute atomic E-state index is 0.0676. The summed E-state index contributed by atoms with van der Waals surface area (Å²) in [6, 6.07) is 13.1. The Morgan fingerprint density at radius 2 is 1.79 bits per heavy atom. The zero-order valence-corrected chi connectivity index (χ0v) is 20.9. The Hall–Kier alpha value is -2.53. The lowest BCUT2D eigenvalue weighted by molar-refractivity contribution is 0.0997. The Labute approximate surface area is 205 Å². The number of hydrogen-bond acceptors (Lipinski definition) is 4. The molecule has 1 amide bonds. The highest BCUT2D eigenvalue weighted by Gasteiger charge is 2.21. The Morgan fingerprint density at radius 1 is 1.06 bits per heavy atom. The molecule has 2 N–H and O–H groups in total. The molecule has 0 radical (unpaired) electrons. The molecule has 174 valence electrons. The van der Waals surface area contributed by atoms with E-state index in [4.69, 9.17) is 10.5 Å². The van der Waals surface area contributed by atoms with Crippen molar-refractivity contribution in [1.29, 1.82) is 0 Å². The Balaban J connectivity index is 1.99. The zero-order valence-electron chi connectivity index (χ0n) is 17.9. The molecule has 0 fully saturated rings. The van der Waals surface area contributed by atoms with Crippen LogP contribution in [0, 0.1) is 15.2 Å². The van der Waals surface area contributed by atoms with Gasteiger partial charge in [0.15, 0.2) is 9.84 Å². The summed E-state index contributed by atoms with van der Waals surface area (Å²) in [5, 5.41) is -0.545. The van der Waals surface area contributed by atoms with Gasteiger partial charge in [0.2, 0.25) is 0 Å². The van der Waals surface area contributed by atoms with E-state index in [1.54, 1.807) is 44.2 Å². The molecular weight excluding hydrogens is 563 g/mol. The number of carbonyl (C=O) groups excluding carboxylic acids is 1. The first-order valence-electron chi connectivity index (χ1n) is 10.0. The van der Waals surface area contributed by atoms with Gasteiger partial charge in [-0.25, -0.2) is 17.2 Å². The molecule has 0 heterocycles. The van der Waals surface area contributed by atoms with Crippen molar-refractivity contribution in [2.24, 2.45) is 5.73 Å². The van der Waals surface area contributed by atoms with Crippen LogP contribution in [0.5, 0.6) is 11.5 Å². The lowest BCUT2D eigenvalue weighted by Gasteiger charge is -2.15. The lowest BCUT2D eigenvalue weighted by Crippen LogP contribution is -2.16. The van der Waals surface area contributed by atoms with Crippen LogP contribution in [-0.2, 0) is 22.0 Å². The van der Waals surface area contributed by atoms with Crippen molar-refractivity contribution in [1.82, 2.24) is 0 Å². The number of halogens is 3. The van der Waals surface area contributed by atoms with Crippen molar-refractivity contribution in [2.75, 3.05) is 0 Å². The van der Waals surface area contributed by atoms with E-state index in [0.717, 1.165) is 12.1 Å². The zero-order chi connectivity index (χ0) is 24.3. The van der Waals surface area contributed by atoms with Gasteiger partial charge in [0.05, 0.1) is 16.6 Å². The van der Waals surface area contributed by atoms with Crippen LogP contribution < -0.4 is 10.5 Å². The third kappa shape index (κ3) is 6.29. The molecule has 3 rings (SSSR count). The van der Waals surface area contributed by atoms with E-state index < -0.39 is 32.6 Å². The number of nitrogens with two attached hydrogens (primary N) is 1. The van der Waals surface area contributed by atoms with E-state index in [0.29, 0.717) is 9.13 Å². The van der Waals surface area contributed by atoms with Crippen molar-refractivity contribution in [3.63, 3.8) is 0 Å². The first-order chi connectivity index (χ1) is 15.5. The second-order valence-corrected chi connectivity index (χ2v) is 11.6. The standard InChI is InChI=1S/C24H22F2INO4S/c1-14(2)33(30,31)13-15-4-3-5-20(8-15)32-22-11-18(25)10-17(23(22)24(28)29)9-16-6-7-19(27)12-21(16)26/h3-8,10-12,14H,9,13H2,1-2H3,(H2,28,29). The fourth-order valence-corrected chi connectivity index (χ4v) is 4.66. The monoisotopic (exact) mass is 585 g/mol. The number of amides is 1. The van der Waals surface area contributed by atoms with E-state index in [1.165, 1.54) is 12.1 Å². The summed E-state index contributed by atoms with van der Waals surface area (Å²) >= 11 is 1.98. The molecular formula is C24H22F2INO4S. The number of sulfone groups is 1. The molecule has 0 aliphatic carbocycles. The SMILES string of the molecule is CC(C)S(=O)(=O)Cc1cccc(Oc2cc(F)cc(Cc3ccc(I)cc3F)c2C(N)=O)c1. The Morgan fingerprint density at radius 3 is 2.42 bits per heavy atom. The summed E-state index contributed by atoms with van der Waals surface area (Å²) in [5.74, 6) is -2.13. The molecule has 3 aromatic rings. The first kappa shape index (κ1) is 25.1. The third-order valence-corrected chi connectivity index (χ3v) is 7.85. The molecule has 0 aliphatic rings. The summed E-state index contributed by atoms with van der Waals surface area (Å²) in [4.78, 5) is 12.2. The predicted octanol–water partition coefficient (Wildman–Crippen LogP) is 5.37. The quantitative estimate of drug-likeness (QED) is 0.360. The van der Waals surface area contributed by atoms with Crippen molar-refractivity contribution >= 4 is 38.3 Å². The van der Waals surface area contributed by atoms with E-state index in [9.17, 15) is 22.0 Å². The maximum absolute atomic E-state index is 14.4. The minimum Gasteiger partial charge on any atom is -0.456 e. The van der Waals surface area contributed by atoms with Gasteiger partial charge in [-0.3, -0.25) is 4.79 Å². The van der Waals surface area contributed by atoms with Gasteiger partial charge in [-0.2, -0.15) is 0 Å². The molecule has 0 aromatic heterocycles. The molecule has 9 heteroatoms. The number of primary amides is 1. The van der Waals surface area contributed by atoms with Gasteiger partial charge in [0.1, 0.15) is 23.1 Å². The van der Waals surface area contributed by atoms with Crippen molar-refractivity contribution in [3.8, 4) is 11.5 Å². The van der Waals surface area contributed by atoms with E-state index in [1.807, 2.05) is 22.6 Å². The molecule has 33 heavy (non-hydrogen) atoms. The van der Waals surface area contributed by atoms with Crippen LogP contribution in [0.2, 0.25) is 0 Å². The van der Waals surface area contributed by atoms with Gasteiger partial charge in [-0.15, -0.1) is 0 Å². The fraction of sp³-hybridized carbons (Fsp3) is 0.208. The van der Waals surface area contributed by atoms with Gasteiger partial charge in [0, 0.05) is 16.1 Å². The van der Waals surface area contributed by atoms with E-state index in [-0.39, 0.29) is 40.4 Å². The molecule has 0 unspecified atom stereocenters. The molecule has 0 saturated carbocycles. The largest absolute Gasteiger partial charge is 0.456 e. The lowest BCUT2D eigenvalue weighted by atomic mass is 9.98. The Kier molecular flexibility index (Phi) is 7.73. The molecule has 0 aliphatic heterocycles. The van der Waals surface area contributed by atoms with Gasteiger partial charge < -0.3 is 10.5 Å². The van der Waals surface area contributed by atoms with Crippen LogP contribution in [0.15, 0.2) is 54.6 Å². The maximum atomic E-state index is 14.4. The molecule has 0 atom stereocenters. The number of rotatable bonds is 8. The summed E-state index contributed by atoms with van der Waals surface area (Å²) < 4.78 is 59.7. The van der Waals surface area contributed by atoms with Crippen LogP contribution in [0.4, 0.5) is 8.78 Å². The van der Waals surface area contributed by atoms with E-state index >= 15 is 0 Å². The van der Waals surface area contributed by atoms with Crippen LogP contribution >= 0.6 is 22.6 Å². The summed E-state index contributed by atoms with van der Waals surface area (Å²) in [6.45, 7) is 3.19. The van der Waals surface area contributed by atoms with Crippen LogP contribution in [0.3, 0.4) is 0 Å². The highest BCUT2D eigenvalue weighted by molar-refractivity contribution is 14.1. The van der Waals surface area contributed by atoms with Gasteiger partial charge in [0.25, 0.3) is 5.91 Å². The number of ether oxygens (including phenoxy) is 1. The fourth-order valence-electron chi connectivity index (χ4n) is 3.23. The van der Waals surface area contributed by atoms with Crippen molar-refractivity contribution < 1.29 is 26.7 Å². The van der Waals surface area contributed by atoms with Crippen LogP contribution in [-0.4, -0.2) is 19.6 Å². The van der Waals surface area contributed by atoms with Gasteiger partial charge in [-0.1, -0.05) is 18.2 Å². The molecule has 0 bridgehead atoms. The summed E-state index contributed by atoms with van der Waals surface area (Å²) in [7, 11) is -3.34. The van der Waals surface area contributed by atoms with E-state index in [2.05, 4.69) is 0 Å². The minimum atomic E-state index is -3.34. The predicted molar refractivity (Wildman–Crippen MR) is 131 cm³/mol. The third-order valence-electron chi connectivity index (χ3n) is 5.00. The van der Waals surface area contributed by atoms with Gasteiger partial charge in [-0.05, 0) is 83.5 Å². The topological polar surface area (TPSA) is 86.5 Å². The van der Waals surface area contributed by atoms with Crippen molar-refractivity contribution in [3.05, 3.63) is 92.1 Å². The second kappa shape index (κ2) is 10.2. The highest BCUT2D eigenvalue weighted by atomic mass is 127.